The number of anilines is 1. The van der Waals surface area contributed by atoms with Gasteiger partial charge in [-0.05, 0) is 61.0 Å². The number of hydrogen-bond acceptors (Lipinski definition) is 5. The van der Waals surface area contributed by atoms with Crippen LogP contribution in [-0.4, -0.2) is 38.2 Å². The normalized spacial score (nSPS) is 11.3. The van der Waals surface area contributed by atoms with E-state index in [-0.39, 0.29) is 16.1 Å². The van der Waals surface area contributed by atoms with Crippen LogP contribution in [0, 0.1) is 12.7 Å². The van der Waals surface area contributed by atoms with E-state index in [0.717, 1.165) is 34.1 Å². The van der Waals surface area contributed by atoms with Gasteiger partial charge in [-0.15, -0.1) is 0 Å². The molecule has 0 bridgehead atoms. The van der Waals surface area contributed by atoms with E-state index in [1.54, 1.807) is 24.3 Å². The number of halogens is 1. The third-order valence-corrected chi connectivity index (χ3v) is 6.36. The largest absolute Gasteiger partial charge is 0.478 e. The van der Waals surface area contributed by atoms with Crippen molar-refractivity contribution in [3.05, 3.63) is 95.3 Å². The average Bonchev–Trinajstić information content (AvgIpc) is 2.79. The molecule has 170 valence electrons. The molecule has 3 rings (SSSR count). The van der Waals surface area contributed by atoms with Gasteiger partial charge in [0.1, 0.15) is 12.4 Å². The van der Waals surface area contributed by atoms with Crippen molar-refractivity contribution in [2.75, 3.05) is 10.8 Å². The quantitative estimate of drug-likeness (QED) is 0.388. The first-order chi connectivity index (χ1) is 15.7. The average molecular weight is 469 g/mol. The Morgan fingerprint density at radius 1 is 1.00 bits per heavy atom. The molecule has 0 saturated heterocycles. The predicted molar refractivity (Wildman–Crippen MR) is 121 cm³/mol. The molecule has 0 aromatic heterocycles. The summed E-state index contributed by atoms with van der Waals surface area (Å²) in [4.78, 5) is 23.2. The molecule has 0 aliphatic heterocycles. The van der Waals surface area contributed by atoms with Gasteiger partial charge in [0.25, 0.3) is 15.9 Å². The molecule has 10 heteroatoms. The highest BCUT2D eigenvalue weighted by atomic mass is 32.2. The lowest BCUT2D eigenvalue weighted by Gasteiger charge is -2.23. The first-order valence-electron chi connectivity index (χ1n) is 9.67. The van der Waals surface area contributed by atoms with Crippen LogP contribution in [0.2, 0.25) is 0 Å². The summed E-state index contributed by atoms with van der Waals surface area (Å²) in [5.41, 5.74) is 4.07. The van der Waals surface area contributed by atoms with Gasteiger partial charge in [0, 0.05) is 0 Å². The van der Waals surface area contributed by atoms with Crippen molar-refractivity contribution in [2.45, 2.75) is 11.8 Å². The first kappa shape index (κ1) is 23.6. The Balaban J connectivity index is 1.79. The number of benzene rings is 3. The van der Waals surface area contributed by atoms with Crippen molar-refractivity contribution in [2.24, 2.45) is 5.10 Å². The minimum Gasteiger partial charge on any atom is -0.478 e. The fraction of sp³-hybridized carbons (Fsp3) is 0.0870. The Kier molecular flexibility index (Phi) is 7.19. The van der Waals surface area contributed by atoms with Crippen molar-refractivity contribution in [3.63, 3.8) is 0 Å². The highest BCUT2D eigenvalue weighted by Crippen LogP contribution is 2.24. The molecule has 0 radical (unpaired) electrons. The Labute approximate surface area is 190 Å². The van der Waals surface area contributed by atoms with Crippen LogP contribution in [0.4, 0.5) is 10.1 Å². The van der Waals surface area contributed by atoms with Gasteiger partial charge >= 0.3 is 5.97 Å². The third-order valence-electron chi connectivity index (χ3n) is 4.57. The van der Waals surface area contributed by atoms with Gasteiger partial charge in [-0.1, -0.05) is 29.8 Å². The number of carbonyl (C=O) groups is 2. The second-order valence-corrected chi connectivity index (χ2v) is 8.88. The van der Waals surface area contributed by atoms with Gasteiger partial charge in [-0.3, -0.25) is 9.10 Å². The van der Waals surface area contributed by atoms with Crippen molar-refractivity contribution in [1.29, 1.82) is 0 Å². The summed E-state index contributed by atoms with van der Waals surface area (Å²) in [5.74, 6) is -2.36. The molecule has 3 aromatic carbocycles. The van der Waals surface area contributed by atoms with E-state index < -0.39 is 34.3 Å². The molecule has 8 nitrogen and oxygen atoms in total. The molecular formula is C23H20FN3O5S. The van der Waals surface area contributed by atoms with Crippen LogP contribution >= 0.6 is 0 Å². The monoisotopic (exact) mass is 469 g/mol. The van der Waals surface area contributed by atoms with E-state index in [0.29, 0.717) is 5.56 Å². The lowest BCUT2D eigenvalue weighted by atomic mass is 10.1. The zero-order valence-corrected chi connectivity index (χ0v) is 18.3. The number of hydrazone groups is 1. The predicted octanol–water partition coefficient (Wildman–Crippen LogP) is 3.18. The van der Waals surface area contributed by atoms with Crippen molar-refractivity contribution < 1.29 is 27.5 Å². The summed E-state index contributed by atoms with van der Waals surface area (Å²) in [7, 11) is -4.17. The zero-order valence-electron chi connectivity index (χ0n) is 17.5. The van der Waals surface area contributed by atoms with E-state index in [4.69, 9.17) is 5.11 Å². The summed E-state index contributed by atoms with van der Waals surface area (Å²) >= 11 is 0. The lowest BCUT2D eigenvalue weighted by molar-refractivity contribution is -0.119. The number of hydrogen-bond donors (Lipinski definition) is 2. The molecule has 0 aliphatic rings. The van der Waals surface area contributed by atoms with Crippen LogP contribution in [0.3, 0.4) is 0 Å². The number of sulfonamides is 1. The standard InChI is InChI=1S/C23H20FN3O5S/c1-16-2-10-20(11-3-16)27(33(31,32)21-12-8-19(24)9-13-21)15-22(28)26-25-14-17-4-6-18(7-5-17)23(29)30/h2-14H,15H2,1H3,(H,26,28)(H,29,30)/b25-14-. The number of carboxylic acids is 1. The molecule has 0 aliphatic carbocycles. The van der Waals surface area contributed by atoms with Crippen LogP contribution in [0.1, 0.15) is 21.5 Å². The van der Waals surface area contributed by atoms with Gasteiger partial charge in [0.2, 0.25) is 0 Å². The smallest absolute Gasteiger partial charge is 0.335 e. The SMILES string of the molecule is Cc1ccc(N(CC(=O)N/N=C\c2ccc(C(=O)O)cc2)S(=O)(=O)c2ccc(F)cc2)cc1. The fourth-order valence-electron chi connectivity index (χ4n) is 2.82. The van der Waals surface area contributed by atoms with E-state index in [2.05, 4.69) is 10.5 Å². The van der Waals surface area contributed by atoms with Crippen LogP contribution in [0.25, 0.3) is 0 Å². The summed E-state index contributed by atoms with van der Waals surface area (Å²) < 4.78 is 40.6. The molecule has 33 heavy (non-hydrogen) atoms. The van der Waals surface area contributed by atoms with Crippen LogP contribution in [0.5, 0.6) is 0 Å². The van der Waals surface area contributed by atoms with E-state index >= 15 is 0 Å². The Morgan fingerprint density at radius 3 is 2.18 bits per heavy atom. The van der Waals surface area contributed by atoms with Crippen molar-refractivity contribution in [1.82, 2.24) is 5.43 Å². The zero-order chi connectivity index (χ0) is 24.0. The topological polar surface area (TPSA) is 116 Å². The number of aryl methyl sites for hydroxylation is 1. The Morgan fingerprint density at radius 2 is 1.61 bits per heavy atom. The second-order valence-electron chi connectivity index (χ2n) is 7.02. The number of nitrogens with one attached hydrogen (secondary N) is 1. The number of rotatable bonds is 8. The molecule has 0 fully saturated rings. The maximum Gasteiger partial charge on any atom is 0.335 e. The molecule has 0 spiro atoms. The maximum atomic E-state index is 13.3. The van der Waals surface area contributed by atoms with E-state index in [9.17, 15) is 22.4 Å². The minimum atomic E-state index is -4.17. The first-order valence-corrected chi connectivity index (χ1v) is 11.1. The van der Waals surface area contributed by atoms with Crippen LogP contribution < -0.4 is 9.73 Å². The van der Waals surface area contributed by atoms with Crippen LogP contribution in [-0.2, 0) is 14.8 Å². The number of carboxylic acid groups (broad SMARTS) is 1. The number of amides is 1. The van der Waals surface area contributed by atoms with Crippen LogP contribution in [0.15, 0.2) is 82.8 Å². The molecule has 1 amide bonds. The number of nitrogens with zero attached hydrogens (tertiary/aromatic N) is 2. The lowest BCUT2D eigenvalue weighted by Crippen LogP contribution is -2.39. The molecule has 0 unspecified atom stereocenters. The number of carbonyl (C=O) groups excluding carboxylic acids is 1. The summed E-state index contributed by atoms with van der Waals surface area (Å²) in [6.45, 7) is 1.27. The summed E-state index contributed by atoms with van der Waals surface area (Å²) in [6, 6.07) is 16.7. The van der Waals surface area contributed by atoms with Gasteiger partial charge in [-0.25, -0.2) is 23.0 Å². The van der Waals surface area contributed by atoms with E-state index in [1.165, 1.54) is 30.5 Å². The minimum absolute atomic E-state index is 0.107. The Hall–Kier alpha value is -4.05. The highest BCUT2D eigenvalue weighted by molar-refractivity contribution is 7.92. The Bertz CT molecular complexity index is 1270. The van der Waals surface area contributed by atoms with Gasteiger partial charge < -0.3 is 5.11 Å². The maximum absolute atomic E-state index is 13.3. The van der Waals surface area contributed by atoms with Gasteiger partial charge in [-0.2, -0.15) is 5.10 Å². The fourth-order valence-corrected chi connectivity index (χ4v) is 4.24. The number of aromatic carboxylic acids is 1. The summed E-state index contributed by atoms with van der Waals surface area (Å²) in [5, 5.41) is 12.7. The summed E-state index contributed by atoms with van der Waals surface area (Å²) in [6.07, 6.45) is 1.30. The third kappa shape index (κ3) is 6.01. The van der Waals surface area contributed by atoms with Crippen molar-refractivity contribution in [3.8, 4) is 0 Å². The molecule has 3 aromatic rings. The highest BCUT2D eigenvalue weighted by Gasteiger charge is 2.27. The molecular weight excluding hydrogens is 449 g/mol. The van der Waals surface area contributed by atoms with E-state index in [1.807, 2.05) is 6.92 Å². The molecule has 0 heterocycles. The second kappa shape index (κ2) is 10.0. The van der Waals surface area contributed by atoms with Gasteiger partial charge in [0.15, 0.2) is 0 Å². The molecule has 0 saturated carbocycles. The van der Waals surface area contributed by atoms with Crippen molar-refractivity contribution >= 4 is 33.8 Å². The molecule has 2 N–H and O–H groups in total. The van der Waals surface area contributed by atoms with Gasteiger partial charge in [0.05, 0.1) is 22.4 Å². The molecule has 0 atom stereocenters.